The van der Waals surface area contributed by atoms with Crippen molar-refractivity contribution in [2.75, 3.05) is 10.5 Å². The van der Waals surface area contributed by atoms with Crippen LogP contribution in [0.15, 0.2) is 6.33 Å². The van der Waals surface area contributed by atoms with Crippen molar-refractivity contribution < 1.29 is 18.3 Å². The third-order valence-corrected chi connectivity index (χ3v) is 3.20. The normalized spacial score (nSPS) is 11.6. The first-order chi connectivity index (χ1) is 8.37. The van der Waals surface area contributed by atoms with Gasteiger partial charge in [-0.15, -0.1) is 0 Å². The minimum absolute atomic E-state index is 0.0227. The van der Waals surface area contributed by atoms with Crippen molar-refractivity contribution in [2.24, 2.45) is 0 Å². The summed E-state index contributed by atoms with van der Waals surface area (Å²) in [5, 5.41) is 8.39. The molecule has 0 atom stereocenters. The van der Waals surface area contributed by atoms with Crippen molar-refractivity contribution in [3.8, 4) is 0 Å². The number of hydrogen-bond donors (Lipinski definition) is 3. The average Bonchev–Trinajstić information content (AvgIpc) is 2.62. The van der Waals surface area contributed by atoms with Crippen LogP contribution in [0.1, 0.15) is 0 Å². The number of sulfonamides is 1. The van der Waals surface area contributed by atoms with Crippen molar-refractivity contribution >= 4 is 44.7 Å². The van der Waals surface area contributed by atoms with E-state index in [0.717, 1.165) is 0 Å². The number of anilines is 1. The second-order valence-electron chi connectivity index (χ2n) is 3.19. The first kappa shape index (κ1) is 12.5. The van der Waals surface area contributed by atoms with Crippen LogP contribution in [-0.2, 0) is 14.8 Å². The van der Waals surface area contributed by atoms with Gasteiger partial charge >= 0.3 is 5.97 Å². The van der Waals surface area contributed by atoms with Crippen molar-refractivity contribution in [3.63, 3.8) is 0 Å². The number of carboxylic acids is 1. The summed E-state index contributed by atoms with van der Waals surface area (Å²) in [5.41, 5.74) is 0.529. The smallest absolute Gasteiger partial charge is 0.320 e. The number of nitrogens with zero attached hydrogens (tertiary/aromatic N) is 3. The number of aromatic amines is 1. The molecule has 0 spiro atoms. The Balaban J connectivity index is 2.35. The number of fused-ring (bicyclic) bond motifs is 1. The van der Waals surface area contributed by atoms with Gasteiger partial charge < -0.3 is 10.1 Å². The molecule has 0 bridgehead atoms. The molecule has 9 nitrogen and oxygen atoms in total. The van der Waals surface area contributed by atoms with Gasteiger partial charge in [-0.1, -0.05) is 11.6 Å². The van der Waals surface area contributed by atoms with Gasteiger partial charge in [0.1, 0.15) is 5.52 Å². The average molecular weight is 292 g/mol. The molecule has 2 aromatic heterocycles. The number of aliphatic carboxylic acids is 1. The van der Waals surface area contributed by atoms with Crippen LogP contribution in [0.2, 0.25) is 5.15 Å². The SMILES string of the molecule is O=C(O)CS(=O)(=O)Nc1nc(Cl)c2[nH]cnc2n1. The van der Waals surface area contributed by atoms with Gasteiger partial charge in [0.2, 0.25) is 16.0 Å². The van der Waals surface area contributed by atoms with Crippen LogP contribution in [0.5, 0.6) is 0 Å². The number of aromatic nitrogens is 4. The van der Waals surface area contributed by atoms with E-state index in [4.69, 9.17) is 16.7 Å². The summed E-state index contributed by atoms with van der Waals surface area (Å²) in [6.07, 6.45) is 1.32. The first-order valence-corrected chi connectivity index (χ1v) is 6.49. The lowest BCUT2D eigenvalue weighted by molar-refractivity contribution is -0.134. The number of imidazole rings is 1. The Labute approximate surface area is 105 Å². The van der Waals surface area contributed by atoms with Gasteiger partial charge in [-0.25, -0.2) is 13.4 Å². The van der Waals surface area contributed by atoms with E-state index < -0.39 is 21.7 Å². The molecular formula is C7H6ClN5O4S. The number of H-pyrrole nitrogens is 1. The van der Waals surface area contributed by atoms with E-state index in [2.05, 4.69) is 19.9 Å². The summed E-state index contributed by atoms with van der Waals surface area (Å²) in [5.74, 6) is -2.91. The molecular weight excluding hydrogens is 286 g/mol. The van der Waals surface area contributed by atoms with Crippen molar-refractivity contribution in [3.05, 3.63) is 11.5 Å². The molecule has 0 saturated carbocycles. The molecule has 18 heavy (non-hydrogen) atoms. The Kier molecular flexibility index (Phi) is 3.05. The Morgan fingerprint density at radius 2 is 2.22 bits per heavy atom. The summed E-state index contributed by atoms with van der Waals surface area (Å²) in [6, 6.07) is 0. The number of halogens is 1. The number of carbonyl (C=O) groups is 1. The third-order valence-electron chi connectivity index (χ3n) is 1.80. The number of rotatable bonds is 4. The Morgan fingerprint density at radius 1 is 1.50 bits per heavy atom. The maximum Gasteiger partial charge on any atom is 0.320 e. The largest absolute Gasteiger partial charge is 0.480 e. The van der Waals surface area contributed by atoms with Crippen LogP contribution < -0.4 is 4.72 Å². The zero-order chi connectivity index (χ0) is 13.3. The molecule has 0 radical (unpaired) electrons. The molecule has 0 amide bonds. The number of nitrogens with one attached hydrogen (secondary N) is 2. The molecule has 0 aromatic carbocycles. The summed E-state index contributed by atoms with van der Waals surface area (Å²) in [4.78, 5) is 24.2. The maximum atomic E-state index is 11.4. The van der Waals surface area contributed by atoms with Crippen LogP contribution in [0.4, 0.5) is 5.95 Å². The molecule has 0 saturated heterocycles. The van der Waals surface area contributed by atoms with Gasteiger partial charge in [0.15, 0.2) is 16.6 Å². The Hall–Kier alpha value is -1.94. The molecule has 2 rings (SSSR count). The molecule has 0 fully saturated rings. The number of hydrogen-bond acceptors (Lipinski definition) is 6. The van der Waals surface area contributed by atoms with E-state index in [0.29, 0.717) is 5.52 Å². The van der Waals surface area contributed by atoms with Crippen LogP contribution in [-0.4, -0.2) is 45.2 Å². The monoisotopic (exact) mass is 291 g/mol. The number of carboxylic acid groups (broad SMARTS) is 1. The van der Waals surface area contributed by atoms with Crippen LogP contribution in [0.25, 0.3) is 11.2 Å². The lowest BCUT2D eigenvalue weighted by Crippen LogP contribution is -2.23. The lowest BCUT2D eigenvalue weighted by Gasteiger charge is -2.04. The van der Waals surface area contributed by atoms with E-state index in [9.17, 15) is 13.2 Å². The highest BCUT2D eigenvalue weighted by atomic mass is 35.5. The molecule has 2 heterocycles. The summed E-state index contributed by atoms with van der Waals surface area (Å²) in [7, 11) is -4.07. The summed E-state index contributed by atoms with van der Waals surface area (Å²) < 4.78 is 24.6. The zero-order valence-electron chi connectivity index (χ0n) is 8.58. The zero-order valence-corrected chi connectivity index (χ0v) is 10.2. The topological polar surface area (TPSA) is 138 Å². The molecule has 0 unspecified atom stereocenters. The van der Waals surface area contributed by atoms with Gasteiger partial charge in [-0.05, 0) is 0 Å². The molecule has 96 valence electrons. The van der Waals surface area contributed by atoms with Crippen LogP contribution in [0, 0.1) is 0 Å². The second-order valence-corrected chi connectivity index (χ2v) is 5.27. The van der Waals surface area contributed by atoms with E-state index in [1.807, 2.05) is 4.72 Å². The quantitative estimate of drug-likeness (QED) is 0.665. The van der Waals surface area contributed by atoms with Crippen molar-refractivity contribution in [1.82, 2.24) is 19.9 Å². The molecule has 2 aromatic rings. The summed E-state index contributed by atoms with van der Waals surface area (Å²) in [6.45, 7) is 0. The first-order valence-electron chi connectivity index (χ1n) is 4.46. The van der Waals surface area contributed by atoms with Gasteiger partial charge in [0, 0.05) is 0 Å². The predicted octanol–water partition coefficient (Wildman–Crippen LogP) is -0.167. The highest BCUT2D eigenvalue weighted by Crippen LogP contribution is 2.18. The van der Waals surface area contributed by atoms with E-state index in [1.54, 1.807) is 0 Å². The minimum atomic E-state index is -4.07. The van der Waals surface area contributed by atoms with E-state index in [1.165, 1.54) is 6.33 Å². The standard InChI is InChI=1S/C7H6ClN5O4S/c8-5-4-6(10-2-9-4)12-7(11-5)13-18(16,17)1-3(14)15/h2H,1H2,(H,14,15)(H2,9,10,11,12,13). The maximum absolute atomic E-state index is 11.4. The molecule has 3 N–H and O–H groups in total. The summed E-state index contributed by atoms with van der Waals surface area (Å²) >= 11 is 5.76. The highest BCUT2D eigenvalue weighted by Gasteiger charge is 2.18. The van der Waals surface area contributed by atoms with Gasteiger partial charge in [0.05, 0.1) is 6.33 Å². The van der Waals surface area contributed by atoms with Crippen molar-refractivity contribution in [2.45, 2.75) is 0 Å². The van der Waals surface area contributed by atoms with Gasteiger partial charge in [-0.2, -0.15) is 9.97 Å². The van der Waals surface area contributed by atoms with Gasteiger partial charge in [0.25, 0.3) is 0 Å². The highest BCUT2D eigenvalue weighted by molar-refractivity contribution is 7.93. The van der Waals surface area contributed by atoms with Crippen LogP contribution >= 0.6 is 11.6 Å². The minimum Gasteiger partial charge on any atom is -0.480 e. The third kappa shape index (κ3) is 2.65. The fourth-order valence-corrected chi connectivity index (χ4v) is 2.17. The fraction of sp³-hybridized carbons (Fsp3) is 0.143. The second kappa shape index (κ2) is 4.38. The molecule has 0 aliphatic carbocycles. The molecule has 0 aliphatic rings. The molecule has 11 heteroatoms. The fourth-order valence-electron chi connectivity index (χ4n) is 1.18. The Bertz CT molecular complexity index is 712. The van der Waals surface area contributed by atoms with Crippen molar-refractivity contribution in [1.29, 1.82) is 0 Å². The predicted molar refractivity (Wildman–Crippen MR) is 61.7 cm³/mol. The lowest BCUT2D eigenvalue weighted by atomic mass is 10.6. The van der Waals surface area contributed by atoms with E-state index >= 15 is 0 Å². The van der Waals surface area contributed by atoms with Gasteiger partial charge in [-0.3, -0.25) is 9.52 Å². The Morgan fingerprint density at radius 3 is 2.89 bits per heavy atom. The molecule has 0 aliphatic heterocycles. The van der Waals surface area contributed by atoms with E-state index in [-0.39, 0.29) is 16.7 Å². The van der Waals surface area contributed by atoms with Crippen LogP contribution in [0.3, 0.4) is 0 Å².